The number of hydrogen-bond acceptors (Lipinski definition) is 5. The Bertz CT molecular complexity index is 1310. The van der Waals surface area contributed by atoms with Crippen LogP contribution in [0.2, 0.25) is 0 Å². The number of amides is 1. The lowest BCUT2D eigenvalue weighted by atomic mass is 9.85. The third-order valence-electron chi connectivity index (χ3n) is 5.97. The predicted molar refractivity (Wildman–Crippen MR) is 128 cm³/mol. The van der Waals surface area contributed by atoms with Gasteiger partial charge in [0.15, 0.2) is 0 Å². The largest absolute Gasteiger partial charge is 0.477 e. The molecule has 0 saturated heterocycles. The molecule has 1 aliphatic heterocycles. The molecule has 0 spiro atoms. The van der Waals surface area contributed by atoms with Gasteiger partial charge in [0.2, 0.25) is 11.8 Å². The van der Waals surface area contributed by atoms with Crippen LogP contribution in [0.3, 0.4) is 0 Å². The minimum absolute atomic E-state index is 0.0485. The second-order valence-corrected chi connectivity index (χ2v) is 11.0. The quantitative estimate of drug-likeness (QED) is 0.569. The Kier molecular flexibility index (Phi) is 6.01. The molecule has 0 aliphatic carbocycles. The van der Waals surface area contributed by atoms with Crippen LogP contribution in [0, 0.1) is 0 Å². The summed E-state index contributed by atoms with van der Waals surface area (Å²) in [5.74, 6) is 0.0560. The van der Waals surface area contributed by atoms with Crippen LogP contribution in [0.25, 0.3) is 11.1 Å². The van der Waals surface area contributed by atoms with Crippen molar-refractivity contribution in [2.24, 2.45) is 0 Å². The predicted octanol–water partition coefficient (Wildman–Crippen LogP) is 4.59. The maximum Gasteiger partial charge on any atom is 0.264 e. The van der Waals surface area contributed by atoms with Crippen LogP contribution in [0.1, 0.15) is 50.3 Å². The first-order chi connectivity index (χ1) is 15.6. The number of carbonyl (C=O) groups excluding carboxylic acids is 1. The molecule has 0 unspecified atom stereocenters. The summed E-state index contributed by atoms with van der Waals surface area (Å²) in [6.07, 6.45) is 1.62. The van der Waals surface area contributed by atoms with Crippen molar-refractivity contribution in [3.8, 4) is 17.0 Å². The summed E-state index contributed by atoms with van der Waals surface area (Å²) in [4.78, 5) is 17.4. The van der Waals surface area contributed by atoms with Crippen LogP contribution in [0.5, 0.6) is 5.88 Å². The van der Waals surface area contributed by atoms with Gasteiger partial charge in [0.25, 0.3) is 10.0 Å². The number of rotatable bonds is 1. The Morgan fingerprint density at radius 2 is 1.82 bits per heavy atom. The molecule has 0 fully saturated rings. The van der Waals surface area contributed by atoms with E-state index in [0.717, 1.165) is 27.8 Å². The Morgan fingerprint density at radius 3 is 2.58 bits per heavy atom. The zero-order chi connectivity index (χ0) is 23.8. The van der Waals surface area contributed by atoms with Crippen LogP contribution in [0.4, 0.5) is 0 Å². The van der Waals surface area contributed by atoms with Crippen LogP contribution in [0.15, 0.2) is 65.7 Å². The van der Waals surface area contributed by atoms with E-state index in [0.29, 0.717) is 12.5 Å². The molecule has 172 valence electrons. The number of fused-ring (bicyclic) bond motifs is 6. The van der Waals surface area contributed by atoms with E-state index in [9.17, 15) is 13.2 Å². The molecule has 33 heavy (non-hydrogen) atoms. The van der Waals surface area contributed by atoms with E-state index < -0.39 is 21.3 Å². The molecule has 2 aromatic carbocycles. The van der Waals surface area contributed by atoms with E-state index in [2.05, 4.69) is 23.6 Å². The normalized spacial score (nSPS) is 17.2. The van der Waals surface area contributed by atoms with Crippen molar-refractivity contribution < 1.29 is 17.9 Å². The van der Waals surface area contributed by atoms with Gasteiger partial charge in [-0.1, -0.05) is 58.0 Å². The minimum atomic E-state index is -4.02. The van der Waals surface area contributed by atoms with Crippen molar-refractivity contribution in [1.82, 2.24) is 9.71 Å². The Labute approximate surface area is 195 Å². The third-order valence-corrected chi connectivity index (χ3v) is 7.34. The van der Waals surface area contributed by atoms with Gasteiger partial charge in [-0.2, -0.15) is 0 Å². The zero-order valence-electron chi connectivity index (χ0n) is 19.3. The molecule has 4 bridgehead atoms. The molecule has 3 aromatic rings. The molecule has 0 atom stereocenters. The topological polar surface area (TPSA) is 85.4 Å². The Balaban J connectivity index is 1.90. The molecular weight excluding hydrogens is 436 g/mol. The maximum atomic E-state index is 13.0. The van der Waals surface area contributed by atoms with Crippen molar-refractivity contribution in [1.29, 1.82) is 0 Å². The molecule has 6 nitrogen and oxygen atoms in total. The first kappa shape index (κ1) is 23.0. The fraction of sp³-hybridized carbons (Fsp3) is 0.308. The molecular formula is C26H28N2O4S. The average Bonchev–Trinajstić information content (AvgIpc) is 2.77. The molecule has 1 amide bonds. The fourth-order valence-corrected chi connectivity index (χ4v) is 5.13. The van der Waals surface area contributed by atoms with Gasteiger partial charge in [0, 0.05) is 17.7 Å². The maximum absolute atomic E-state index is 13.0. The highest BCUT2D eigenvalue weighted by molar-refractivity contribution is 7.90. The van der Waals surface area contributed by atoms with E-state index in [4.69, 9.17) is 4.74 Å². The molecule has 1 aliphatic rings. The van der Waals surface area contributed by atoms with Gasteiger partial charge < -0.3 is 4.74 Å². The number of pyridine rings is 1. The van der Waals surface area contributed by atoms with Gasteiger partial charge in [-0.3, -0.25) is 4.79 Å². The van der Waals surface area contributed by atoms with E-state index in [1.807, 2.05) is 50.2 Å². The lowest BCUT2D eigenvalue weighted by molar-refractivity contribution is -0.118. The summed E-state index contributed by atoms with van der Waals surface area (Å²) in [5, 5.41) is 0. The van der Waals surface area contributed by atoms with Crippen LogP contribution >= 0.6 is 0 Å². The van der Waals surface area contributed by atoms with Crippen molar-refractivity contribution in [2.75, 3.05) is 6.61 Å². The lowest BCUT2D eigenvalue weighted by Gasteiger charge is -2.25. The van der Waals surface area contributed by atoms with Crippen molar-refractivity contribution >= 4 is 15.9 Å². The number of carbonyl (C=O) groups is 1. The number of ether oxygens (including phenoxy) is 1. The summed E-state index contributed by atoms with van der Waals surface area (Å²) < 4.78 is 34.4. The van der Waals surface area contributed by atoms with Gasteiger partial charge in [0.05, 0.1) is 17.9 Å². The summed E-state index contributed by atoms with van der Waals surface area (Å²) in [6, 6.07) is 16.2. The number of hydrogen-bond donors (Lipinski definition) is 1. The second-order valence-electron chi connectivity index (χ2n) is 9.32. The summed E-state index contributed by atoms with van der Waals surface area (Å²) in [5.41, 5.74) is 3.80. The van der Waals surface area contributed by atoms with Crippen LogP contribution in [-0.2, 0) is 26.7 Å². The molecule has 0 radical (unpaired) electrons. The third kappa shape index (κ3) is 4.78. The Hall–Kier alpha value is -3.19. The fourth-order valence-electron chi connectivity index (χ4n) is 4.10. The molecule has 2 heterocycles. The Morgan fingerprint density at radius 1 is 1.06 bits per heavy atom. The number of benzene rings is 2. The molecule has 0 saturated carbocycles. The van der Waals surface area contributed by atoms with Gasteiger partial charge in [-0.15, -0.1) is 0 Å². The van der Waals surface area contributed by atoms with Crippen molar-refractivity contribution in [3.05, 3.63) is 77.5 Å². The monoisotopic (exact) mass is 464 g/mol. The zero-order valence-corrected chi connectivity index (χ0v) is 20.1. The molecule has 4 rings (SSSR count). The van der Waals surface area contributed by atoms with Gasteiger partial charge >= 0.3 is 0 Å². The average molecular weight is 465 g/mol. The highest BCUT2D eigenvalue weighted by atomic mass is 32.2. The van der Waals surface area contributed by atoms with E-state index in [1.54, 1.807) is 18.3 Å². The highest BCUT2D eigenvalue weighted by Crippen LogP contribution is 2.33. The van der Waals surface area contributed by atoms with Crippen molar-refractivity contribution in [2.45, 2.75) is 50.3 Å². The van der Waals surface area contributed by atoms with E-state index in [-0.39, 0.29) is 17.2 Å². The van der Waals surface area contributed by atoms with E-state index in [1.165, 1.54) is 6.07 Å². The summed E-state index contributed by atoms with van der Waals surface area (Å²) in [6.45, 7) is 8.36. The molecule has 1 N–H and O–H groups in total. The standard InChI is InChI=1S/C26H28N2O4S/c1-17(2)21-9-6-10-22-18-11-12-27-25(13-18)32-16-26(3,4)19-7-5-8-20(14-19)33(30,31)28-24(29)15-23(21)22/h5-14,17H,15-16H2,1-4H3,(H,28,29). The minimum Gasteiger partial charge on any atom is -0.477 e. The van der Waals surface area contributed by atoms with Gasteiger partial charge in [-0.05, 0) is 51.9 Å². The lowest BCUT2D eigenvalue weighted by Crippen LogP contribution is -2.32. The van der Waals surface area contributed by atoms with Crippen molar-refractivity contribution in [3.63, 3.8) is 0 Å². The molecule has 7 heteroatoms. The molecule has 1 aromatic heterocycles. The number of nitrogens with one attached hydrogen (secondary N) is 1. The van der Waals surface area contributed by atoms with E-state index >= 15 is 0 Å². The number of sulfonamides is 1. The SMILES string of the molecule is CC(C)c1cccc2c1CC(=O)NS(=O)(=O)c1cccc(c1)C(C)(C)COc1cc-2ccn1. The first-order valence-corrected chi connectivity index (χ1v) is 12.4. The smallest absolute Gasteiger partial charge is 0.264 e. The summed E-state index contributed by atoms with van der Waals surface area (Å²) >= 11 is 0. The van der Waals surface area contributed by atoms with Crippen LogP contribution in [-0.4, -0.2) is 25.9 Å². The number of nitrogens with zero attached hydrogens (tertiary/aromatic N) is 1. The second kappa shape index (κ2) is 8.63. The van der Waals surface area contributed by atoms with Gasteiger partial charge in [-0.25, -0.2) is 18.1 Å². The van der Waals surface area contributed by atoms with Crippen LogP contribution < -0.4 is 9.46 Å². The highest BCUT2D eigenvalue weighted by Gasteiger charge is 2.26. The summed E-state index contributed by atoms with van der Waals surface area (Å²) in [7, 11) is -4.02. The number of aromatic nitrogens is 1. The first-order valence-electron chi connectivity index (χ1n) is 10.9. The van der Waals surface area contributed by atoms with Gasteiger partial charge in [0.1, 0.15) is 0 Å².